The molecule has 2 aromatic rings. The predicted molar refractivity (Wildman–Crippen MR) is 92.8 cm³/mol. The number of hydrogen-bond donors (Lipinski definition) is 0. The molecule has 0 N–H and O–H groups in total. The van der Waals surface area contributed by atoms with Crippen molar-refractivity contribution < 1.29 is 19.1 Å². The molecule has 0 spiro atoms. The van der Waals surface area contributed by atoms with Gasteiger partial charge in [0.05, 0.1) is 22.3 Å². The van der Waals surface area contributed by atoms with E-state index in [9.17, 15) is 14.4 Å². The smallest absolute Gasteiger partial charge is 0.343 e. The Kier molecular flexibility index (Phi) is 4.81. The first kappa shape index (κ1) is 17.4. The second-order valence-electron chi connectivity index (χ2n) is 5.87. The fourth-order valence-corrected chi connectivity index (χ4v) is 2.74. The van der Waals surface area contributed by atoms with Crippen molar-refractivity contribution in [2.24, 2.45) is 0 Å². The molecule has 0 saturated carbocycles. The maximum atomic E-state index is 12.5. The number of rotatable bonds is 5. The monoisotopic (exact) mass is 348 g/mol. The lowest BCUT2D eigenvalue weighted by atomic mass is 10.1. The molecule has 1 aliphatic heterocycles. The number of hydrogen-bond acceptors (Lipinski definition) is 5. The van der Waals surface area contributed by atoms with Crippen molar-refractivity contribution in [3.63, 3.8) is 0 Å². The number of esters is 1. The topological polar surface area (TPSA) is 87.5 Å². The van der Waals surface area contributed by atoms with Gasteiger partial charge in [0.25, 0.3) is 11.8 Å². The number of benzene rings is 2. The van der Waals surface area contributed by atoms with Gasteiger partial charge in [0, 0.05) is 6.54 Å². The zero-order chi connectivity index (χ0) is 18.7. The third-order valence-electron chi connectivity index (χ3n) is 4.15. The van der Waals surface area contributed by atoms with Gasteiger partial charge in [-0.05, 0) is 36.8 Å². The van der Waals surface area contributed by atoms with E-state index in [1.807, 2.05) is 13.0 Å². The van der Waals surface area contributed by atoms with E-state index >= 15 is 0 Å². The fourth-order valence-electron chi connectivity index (χ4n) is 2.74. The zero-order valence-electron chi connectivity index (χ0n) is 14.2. The zero-order valence-corrected chi connectivity index (χ0v) is 14.2. The molecule has 0 bridgehead atoms. The van der Waals surface area contributed by atoms with Crippen molar-refractivity contribution in [3.05, 3.63) is 64.7 Å². The van der Waals surface area contributed by atoms with Crippen LogP contribution in [-0.2, 0) is 0 Å². The summed E-state index contributed by atoms with van der Waals surface area (Å²) in [4.78, 5) is 38.4. The summed E-state index contributed by atoms with van der Waals surface area (Å²) in [6.45, 7) is 2.34. The first-order valence-corrected chi connectivity index (χ1v) is 8.28. The highest BCUT2D eigenvalue weighted by atomic mass is 16.5. The van der Waals surface area contributed by atoms with Crippen LogP contribution in [0.1, 0.15) is 56.4 Å². The van der Waals surface area contributed by atoms with Crippen molar-refractivity contribution in [3.8, 4) is 11.8 Å². The van der Waals surface area contributed by atoms with E-state index in [4.69, 9.17) is 10.00 Å². The Balaban J connectivity index is 1.85. The summed E-state index contributed by atoms with van der Waals surface area (Å²) < 4.78 is 5.26. The lowest BCUT2D eigenvalue weighted by molar-refractivity contribution is 0.0651. The molecule has 0 radical (unpaired) electrons. The number of para-hydroxylation sites is 1. The van der Waals surface area contributed by atoms with Gasteiger partial charge in [0.15, 0.2) is 0 Å². The fraction of sp³-hybridized carbons (Fsp3) is 0.200. The minimum atomic E-state index is -0.692. The normalized spacial score (nSPS) is 12.7. The van der Waals surface area contributed by atoms with E-state index in [2.05, 4.69) is 0 Å². The lowest BCUT2D eigenvalue weighted by Crippen LogP contribution is -2.30. The van der Waals surface area contributed by atoms with Gasteiger partial charge in [-0.25, -0.2) is 4.79 Å². The van der Waals surface area contributed by atoms with E-state index in [-0.39, 0.29) is 28.3 Å². The highest BCUT2D eigenvalue weighted by Crippen LogP contribution is 2.25. The number of nitriles is 1. The summed E-state index contributed by atoms with van der Waals surface area (Å²) in [6.07, 6.45) is 1.59. The molecule has 6 nitrogen and oxygen atoms in total. The van der Waals surface area contributed by atoms with Crippen LogP contribution < -0.4 is 4.74 Å². The summed E-state index contributed by atoms with van der Waals surface area (Å²) in [5, 5.41) is 9.06. The van der Waals surface area contributed by atoms with E-state index in [1.54, 1.807) is 18.2 Å². The number of imide groups is 1. The molecule has 6 heteroatoms. The molecule has 1 aliphatic rings. The standard InChI is InChI=1S/C20H16N2O4/c1-2-3-10-22-18(23)15-9-8-13(11-16(15)19(22)24)20(25)26-17-7-5-4-6-14(17)12-21/h4-9,11H,2-3,10H2,1H3. The largest absolute Gasteiger partial charge is 0.422 e. The molecule has 0 unspecified atom stereocenters. The second kappa shape index (κ2) is 7.19. The average molecular weight is 348 g/mol. The van der Waals surface area contributed by atoms with Crippen molar-refractivity contribution in [2.45, 2.75) is 19.8 Å². The number of ether oxygens (including phenoxy) is 1. The van der Waals surface area contributed by atoms with E-state index < -0.39 is 11.9 Å². The van der Waals surface area contributed by atoms with Crippen LogP contribution in [0.15, 0.2) is 42.5 Å². The van der Waals surface area contributed by atoms with Gasteiger partial charge in [-0.1, -0.05) is 25.5 Å². The van der Waals surface area contributed by atoms with Crippen molar-refractivity contribution >= 4 is 17.8 Å². The summed E-state index contributed by atoms with van der Waals surface area (Å²) in [7, 11) is 0. The van der Waals surface area contributed by atoms with Crippen LogP contribution in [-0.4, -0.2) is 29.2 Å². The lowest BCUT2D eigenvalue weighted by Gasteiger charge is -2.12. The van der Waals surface area contributed by atoms with Gasteiger partial charge in [-0.2, -0.15) is 5.26 Å². The maximum absolute atomic E-state index is 12.5. The van der Waals surface area contributed by atoms with Crippen molar-refractivity contribution in [1.82, 2.24) is 4.90 Å². The number of amides is 2. The second-order valence-corrected chi connectivity index (χ2v) is 5.87. The first-order chi connectivity index (χ1) is 12.6. The van der Waals surface area contributed by atoms with Gasteiger partial charge in [-0.3, -0.25) is 14.5 Å². The molecule has 1 heterocycles. The van der Waals surface area contributed by atoms with Gasteiger partial charge < -0.3 is 4.74 Å². The molecule has 0 saturated heterocycles. The average Bonchev–Trinajstić information content (AvgIpc) is 2.90. The Hall–Kier alpha value is -3.46. The molecule has 2 aromatic carbocycles. The summed E-state index contributed by atoms with van der Waals surface area (Å²) in [6, 6.07) is 12.6. The minimum absolute atomic E-state index is 0.146. The quantitative estimate of drug-likeness (QED) is 0.470. The van der Waals surface area contributed by atoms with Crippen LogP contribution >= 0.6 is 0 Å². The Morgan fingerprint density at radius 2 is 1.85 bits per heavy atom. The molecule has 0 atom stereocenters. The Morgan fingerprint density at radius 3 is 2.58 bits per heavy atom. The highest BCUT2D eigenvalue weighted by molar-refractivity contribution is 6.22. The summed E-state index contributed by atoms with van der Waals surface area (Å²) in [5.41, 5.74) is 0.878. The molecular formula is C20H16N2O4. The molecule has 0 fully saturated rings. The van der Waals surface area contributed by atoms with Crippen LogP contribution in [0.4, 0.5) is 0 Å². The van der Waals surface area contributed by atoms with Crippen LogP contribution in [0.25, 0.3) is 0 Å². The molecule has 0 aliphatic carbocycles. The predicted octanol–water partition coefficient (Wildman–Crippen LogP) is 3.17. The molecule has 0 aromatic heterocycles. The van der Waals surface area contributed by atoms with Crippen molar-refractivity contribution in [1.29, 1.82) is 5.26 Å². The van der Waals surface area contributed by atoms with E-state index in [0.29, 0.717) is 12.1 Å². The molecule has 26 heavy (non-hydrogen) atoms. The van der Waals surface area contributed by atoms with Gasteiger partial charge in [0.1, 0.15) is 11.8 Å². The van der Waals surface area contributed by atoms with E-state index in [1.165, 1.54) is 29.2 Å². The van der Waals surface area contributed by atoms with Gasteiger partial charge in [0.2, 0.25) is 0 Å². The third kappa shape index (κ3) is 3.07. The third-order valence-corrected chi connectivity index (χ3v) is 4.15. The van der Waals surface area contributed by atoms with E-state index in [0.717, 1.165) is 12.8 Å². The summed E-state index contributed by atoms with van der Waals surface area (Å²) in [5.74, 6) is -1.28. The van der Waals surface area contributed by atoms with Gasteiger partial charge in [-0.15, -0.1) is 0 Å². The van der Waals surface area contributed by atoms with Gasteiger partial charge >= 0.3 is 5.97 Å². The Morgan fingerprint density at radius 1 is 1.12 bits per heavy atom. The highest BCUT2D eigenvalue weighted by Gasteiger charge is 2.35. The molecule has 2 amide bonds. The van der Waals surface area contributed by atoms with Crippen molar-refractivity contribution in [2.75, 3.05) is 6.54 Å². The Bertz CT molecular complexity index is 943. The molecule has 130 valence electrons. The number of carbonyl (C=O) groups excluding carboxylic acids is 3. The van der Waals surface area contributed by atoms with Crippen LogP contribution in [0.2, 0.25) is 0 Å². The maximum Gasteiger partial charge on any atom is 0.343 e. The minimum Gasteiger partial charge on any atom is -0.422 e. The number of carbonyl (C=O) groups is 3. The number of nitrogens with zero attached hydrogens (tertiary/aromatic N) is 2. The van der Waals surface area contributed by atoms with Crippen LogP contribution in [0.5, 0.6) is 5.75 Å². The summed E-state index contributed by atoms with van der Waals surface area (Å²) >= 11 is 0. The number of fused-ring (bicyclic) bond motifs is 1. The first-order valence-electron chi connectivity index (χ1n) is 8.28. The van der Waals surface area contributed by atoms with Crippen LogP contribution in [0.3, 0.4) is 0 Å². The van der Waals surface area contributed by atoms with Crippen LogP contribution in [0, 0.1) is 11.3 Å². The molecular weight excluding hydrogens is 332 g/mol. The Labute approximate surface area is 150 Å². The SMILES string of the molecule is CCCCN1C(=O)c2ccc(C(=O)Oc3ccccc3C#N)cc2C1=O. The molecule has 3 rings (SSSR count). The number of unbranched alkanes of at least 4 members (excludes halogenated alkanes) is 1.